The monoisotopic (exact) mass is 406 g/mol. The first-order valence-electron chi connectivity index (χ1n) is 9.10. The van der Waals surface area contributed by atoms with Crippen molar-refractivity contribution in [3.63, 3.8) is 0 Å². The molecule has 152 valence electrons. The number of hydrogen-bond acceptors (Lipinski definition) is 6. The second-order valence-electron chi connectivity index (χ2n) is 6.70. The van der Waals surface area contributed by atoms with Crippen LogP contribution in [0.1, 0.15) is 11.3 Å². The van der Waals surface area contributed by atoms with E-state index in [1.807, 2.05) is 12.1 Å². The van der Waals surface area contributed by atoms with Gasteiger partial charge in [-0.3, -0.25) is 14.9 Å². The molecule has 0 bridgehead atoms. The quantitative estimate of drug-likeness (QED) is 0.382. The number of rotatable bonds is 6. The van der Waals surface area contributed by atoms with E-state index in [9.17, 15) is 14.9 Å². The zero-order chi connectivity index (χ0) is 21.3. The number of aromatic nitrogens is 2. The highest BCUT2D eigenvalue weighted by Gasteiger charge is 2.15. The molecule has 9 heteroatoms. The number of methoxy groups -OCH3 is 1. The Morgan fingerprint density at radius 3 is 2.70 bits per heavy atom. The van der Waals surface area contributed by atoms with Crippen molar-refractivity contribution in [2.75, 3.05) is 12.4 Å². The lowest BCUT2D eigenvalue weighted by Gasteiger charge is -2.08. The molecule has 30 heavy (non-hydrogen) atoms. The first kappa shape index (κ1) is 19.2. The van der Waals surface area contributed by atoms with Gasteiger partial charge in [0.2, 0.25) is 5.91 Å². The second-order valence-corrected chi connectivity index (χ2v) is 6.70. The fraction of sp³-hybridized carbons (Fsp3) is 0.143. The predicted octanol–water partition coefficient (Wildman–Crippen LogP) is 4.02. The van der Waals surface area contributed by atoms with Crippen molar-refractivity contribution < 1.29 is 18.9 Å². The number of nitrogens with one attached hydrogen (secondary N) is 1. The zero-order valence-electron chi connectivity index (χ0n) is 16.3. The molecule has 0 spiro atoms. The molecule has 0 radical (unpaired) electrons. The Bertz CT molecular complexity index is 1240. The molecule has 0 aliphatic carbocycles. The summed E-state index contributed by atoms with van der Waals surface area (Å²) in [6, 6.07) is 13.1. The van der Waals surface area contributed by atoms with Gasteiger partial charge in [-0.15, -0.1) is 0 Å². The summed E-state index contributed by atoms with van der Waals surface area (Å²) < 4.78 is 12.3. The zero-order valence-corrected chi connectivity index (χ0v) is 16.3. The van der Waals surface area contributed by atoms with Crippen LogP contribution in [0.15, 0.2) is 59.2 Å². The first-order chi connectivity index (χ1) is 14.4. The van der Waals surface area contributed by atoms with Crippen molar-refractivity contribution in [2.45, 2.75) is 13.3 Å². The number of carbonyl (C=O) groups is 1. The summed E-state index contributed by atoms with van der Waals surface area (Å²) in [7, 11) is 1.58. The third-order valence-electron chi connectivity index (χ3n) is 4.62. The van der Waals surface area contributed by atoms with Crippen LogP contribution in [0.3, 0.4) is 0 Å². The van der Waals surface area contributed by atoms with Crippen LogP contribution in [-0.4, -0.2) is 27.7 Å². The number of fused-ring (bicyclic) bond motifs is 1. The van der Waals surface area contributed by atoms with Crippen LogP contribution in [-0.2, 0) is 11.2 Å². The first-order valence-corrected chi connectivity index (χ1v) is 9.10. The molecule has 0 fully saturated rings. The number of ether oxygens (including phenoxy) is 1. The molecule has 2 aromatic heterocycles. The number of anilines is 1. The van der Waals surface area contributed by atoms with Crippen LogP contribution in [0.25, 0.3) is 16.7 Å². The van der Waals surface area contributed by atoms with Gasteiger partial charge in [0, 0.05) is 35.2 Å². The van der Waals surface area contributed by atoms with Gasteiger partial charge < -0.3 is 14.5 Å². The number of nitro groups is 1. The number of aryl methyl sites for hydroxylation is 1. The van der Waals surface area contributed by atoms with Gasteiger partial charge in [-0.2, -0.15) is 5.10 Å². The lowest BCUT2D eigenvalue weighted by Crippen LogP contribution is -2.17. The SMILES string of the molecule is COc1ccc2c(CC(=O)Nc3cc(C)nn3-c3ccc([N+](=O)[O-])cc3)coc2c1. The van der Waals surface area contributed by atoms with E-state index in [0.29, 0.717) is 28.5 Å². The molecular weight excluding hydrogens is 388 g/mol. The predicted molar refractivity (Wildman–Crippen MR) is 110 cm³/mol. The number of benzene rings is 2. The van der Waals surface area contributed by atoms with Gasteiger partial charge in [0.15, 0.2) is 0 Å². The van der Waals surface area contributed by atoms with Crippen molar-refractivity contribution in [1.29, 1.82) is 0 Å². The van der Waals surface area contributed by atoms with Crippen LogP contribution in [0.2, 0.25) is 0 Å². The molecular formula is C21H18N4O5. The van der Waals surface area contributed by atoms with Gasteiger partial charge in [-0.05, 0) is 31.2 Å². The Hall–Kier alpha value is -4.14. The third-order valence-corrected chi connectivity index (χ3v) is 4.62. The number of amides is 1. The fourth-order valence-corrected chi connectivity index (χ4v) is 3.19. The van der Waals surface area contributed by atoms with Crippen molar-refractivity contribution in [3.05, 3.63) is 76.2 Å². The number of nitrogens with zero attached hydrogens (tertiary/aromatic N) is 3. The molecule has 0 saturated carbocycles. The maximum absolute atomic E-state index is 12.7. The van der Waals surface area contributed by atoms with E-state index in [4.69, 9.17) is 9.15 Å². The van der Waals surface area contributed by atoms with E-state index in [1.165, 1.54) is 16.8 Å². The Morgan fingerprint density at radius 1 is 1.23 bits per heavy atom. The third kappa shape index (κ3) is 3.72. The number of carbonyl (C=O) groups excluding carboxylic acids is 1. The summed E-state index contributed by atoms with van der Waals surface area (Å²) in [5.74, 6) is 0.910. The Balaban J connectivity index is 1.55. The largest absolute Gasteiger partial charge is 0.497 e. The Morgan fingerprint density at radius 2 is 2.00 bits per heavy atom. The number of non-ortho nitro benzene ring substituents is 1. The van der Waals surface area contributed by atoms with E-state index < -0.39 is 4.92 Å². The molecule has 4 aromatic rings. The summed E-state index contributed by atoms with van der Waals surface area (Å²) in [4.78, 5) is 23.1. The average Bonchev–Trinajstić information content (AvgIpc) is 3.30. The van der Waals surface area contributed by atoms with Crippen LogP contribution >= 0.6 is 0 Å². The maximum atomic E-state index is 12.7. The van der Waals surface area contributed by atoms with Crippen LogP contribution in [0.4, 0.5) is 11.5 Å². The maximum Gasteiger partial charge on any atom is 0.269 e. The van der Waals surface area contributed by atoms with Crippen LogP contribution in [0, 0.1) is 17.0 Å². The highest BCUT2D eigenvalue weighted by Crippen LogP contribution is 2.26. The summed E-state index contributed by atoms with van der Waals surface area (Å²) in [6.07, 6.45) is 1.67. The molecule has 4 rings (SSSR count). The molecule has 0 unspecified atom stereocenters. The van der Waals surface area contributed by atoms with Gasteiger partial charge in [-0.25, -0.2) is 4.68 Å². The summed E-state index contributed by atoms with van der Waals surface area (Å²) in [6.45, 7) is 1.80. The smallest absolute Gasteiger partial charge is 0.269 e. The summed E-state index contributed by atoms with van der Waals surface area (Å²) in [5.41, 5.74) is 2.68. The molecule has 0 atom stereocenters. The summed E-state index contributed by atoms with van der Waals surface area (Å²) >= 11 is 0. The van der Waals surface area contributed by atoms with Crippen LogP contribution < -0.4 is 10.1 Å². The van der Waals surface area contributed by atoms with Gasteiger partial charge in [-0.1, -0.05) is 0 Å². The second kappa shape index (κ2) is 7.70. The van der Waals surface area contributed by atoms with E-state index in [-0.39, 0.29) is 18.0 Å². The molecule has 0 aliphatic rings. The Labute approximate surface area is 171 Å². The highest BCUT2D eigenvalue weighted by molar-refractivity contribution is 5.95. The minimum atomic E-state index is -0.467. The molecule has 1 N–H and O–H groups in total. The van der Waals surface area contributed by atoms with Crippen molar-refractivity contribution in [2.24, 2.45) is 0 Å². The molecule has 0 aliphatic heterocycles. The van der Waals surface area contributed by atoms with Crippen molar-refractivity contribution in [1.82, 2.24) is 9.78 Å². The minimum absolute atomic E-state index is 0.0170. The van der Waals surface area contributed by atoms with E-state index >= 15 is 0 Å². The topological polar surface area (TPSA) is 112 Å². The molecule has 2 aromatic carbocycles. The molecule has 0 saturated heterocycles. The van der Waals surface area contributed by atoms with E-state index in [1.54, 1.807) is 44.6 Å². The average molecular weight is 406 g/mol. The normalized spacial score (nSPS) is 10.9. The van der Waals surface area contributed by atoms with Gasteiger partial charge in [0.25, 0.3) is 5.69 Å². The minimum Gasteiger partial charge on any atom is -0.497 e. The van der Waals surface area contributed by atoms with Crippen molar-refractivity contribution in [3.8, 4) is 11.4 Å². The lowest BCUT2D eigenvalue weighted by molar-refractivity contribution is -0.384. The number of hydrogen-bond donors (Lipinski definition) is 1. The number of nitro benzene ring substituents is 1. The fourth-order valence-electron chi connectivity index (χ4n) is 3.19. The van der Waals surface area contributed by atoms with Crippen LogP contribution in [0.5, 0.6) is 5.75 Å². The standard InChI is InChI=1S/C21H18N4O5/c1-13-9-20(24(23-13)15-3-5-16(6-4-15)25(27)28)22-21(26)10-14-12-30-19-11-17(29-2)7-8-18(14)19/h3-9,11-12H,10H2,1-2H3,(H,22,26). The Kier molecular flexibility index (Phi) is 4.93. The molecule has 9 nitrogen and oxygen atoms in total. The lowest BCUT2D eigenvalue weighted by atomic mass is 10.1. The molecule has 2 heterocycles. The van der Waals surface area contributed by atoms with E-state index in [0.717, 1.165) is 10.9 Å². The van der Waals surface area contributed by atoms with Gasteiger partial charge in [0.1, 0.15) is 17.2 Å². The number of furan rings is 1. The van der Waals surface area contributed by atoms with Crippen molar-refractivity contribution >= 4 is 28.4 Å². The molecule has 1 amide bonds. The van der Waals surface area contributed by atoms with Gasteiger partial charge in [0.05, 0.1) is 36.1 Å². The highest BCUT2D eigenvalue weighted by atomic mass is 16.6. The van der Waals surface area contributed by atoms with Gasteiger partial charge >= 0.3 is 0 Å². The summed E-state index contributed by atoms with van der Waals surface area (Å²) in [5, 5.41) is 18.9. The van der Waals surface area contributed by atoms with E-state index in [2.05, 4.69) is 10.4 Å².